The molecule has 2 aromatic rings. The minimum atomic E-state index is -3.88. The van der Waals surface area contributed by atoms with E-state index in [-0.39, 0.29) is 24.0 Å². The van der Waals surface area contributed by atoms with Gasteiger partial charge in [0.2, 0.25) is 0 Å². The number of rotatable bonds is 4. The first kappa shape index (κ1) is 19.2. The van der Waals surface area contributed by atoms with Gasteiger partial charge in [-0.15, -0.1) is 0 Å². The summed E-state index contributed by atoms with van der Waals surface area (Å²) in [7, 11) is -3.88. The summed E-state index contributed by atoms with van der Waals surface area (Å²) in [5.41, 5.74) is 0.239. The van der Waals surface area contributed by atoms with Crippen LogP contribution in [0.15, 0.2) is 30.5 Å². The molecule has 1 aromatic heterocycles. The first-order valence-corrected chi connectivity index (χ1v) is 9.89. The summed E-state index contributed by atoms with van der Waals surface area (Å²) >= 11 is 0. The molecule has 0 radical (unpaired) electrons. The number of carbonyl (C=O) groups excluding carboxylic acids is 1. The number of sulfone groups is 1. The molecule has 1 amide bonds. The highest BCUT2D eigenvalue weighted by molar-refractivity contribution is 7.94. The summed E-state index contributed by atoms with van der Waals surface area (Å²) in [5, 5.41) is 10.8. The number of nitrogens with zero attached hydrogens (tertiary/aromatic N) is 1. The number of fused-ring (bicyclic) bond motifs is 1. The van der Waals surface area contributed by atoms with Crippen LogP contribution in [0.1, 0.15) is 30.6 Å². The highest BCUT2D eigenvalue weighted by Crippen LogP contribution is 2.41. The average molecular weight is 394 g/mol. The lowest BCUT2D eigenvalue weighted by atomic mass is 9.90. The van der Waals surface area contributed by atoms with Crippen LogP contribution in [0.5, 0.6) is 0 Å². The average Bonchev–Trinajstić information content (AvgIpc) is 2.78. The summed E-state index contributed by atoms with van der Waals surface area (Å²) in [5.74, 6) is -3.15. The molecule has 2 N–H and O–H groups in total. The first-order valence-electron chi connectivity index (χ1n) is 8.34. The molecule has 27 heavy (non-hydrogen) atoms. The number of aliphatic carboxylic acids is 1. The lowest BCUT2D eigenvalue weighted by Gasteiger charge is -2.25. The number of nitrogens with one attached hydrogen (secondary N) is 1. The molecule has 1 fully saturated rings. The van der Waals surface area contributed by atoms with E-state index >= 15 is 0 Å². The molecule has 0 spiro atoms. The summed E-state index contributed by atoms with van der Waals surface area (Å²) in [6.45, 7) is 2.90. The Morgan fingerprint density at radius 2 is 2.07 bits per heavy atom. The number of carbonyl (C=O) groups is 2. The van der Waals surface area contributed by atoms with Gasteiger partial charge >= 0.3 is 5.97 Å². The number of hydrogen-bond donors (Lipinski definition) is 2. The highest BCUT2D eigenvalue weighted by atomic mass is 32.2. The third-order valence-corrected chi connectivity index (χ3v) is 8.24. The van der Waals surface area contributed by atoms with Crippen molar-refractivity contribution in [1.29, 1.82) is 0 Å². The fourth-order valence-corrected chi connectivity index (χ4v) is 5.56. The second-order valence-electron chi connectivity index (χ2n) is 7.15. The summed E-state index contributed by atoms with van der Waals surface area (Å²) in [6.07, 6.45) is 1.37. The van der Waals surface area contributed by atoms with Crippen LogP contribution in [-0.4, -0.2) is 46.9 Å². The number of pyridine rings is 1. The molecule has 2 unspecified atom stereocenters. The molecule has 1 aliphatic rings. The van der Waals surface area contributed by atoms with Crippen LogP contribution in [0.3, 0.4) is 0 Å². The Morgan fingerprint density at radius 3 is 2.70 bits per heavy atom. The van der Waals surface area contributed by atoms with Gasteiger partial charge in [-0.1, -0.05) is 6.07 Å². The summed E-state index contributed by atoms with van der Waals surface area (Å²) in [6, 6.07) is 5.83. The number of carboxylic acid groups (broad SMARTS) is 1. The molecule has 1 aliphatic heterocycles. The van der Waals surface area contributed by atoms with Gasteiger partial charge in [-0.2, -0.15) is 0 Å². The maximum absolute atomic E-state index is 14.1. The molecule has 0 saturated carbocycles. The maximum Gasteiger partial charge on any atom is 0.321 e. The molecule has 9 heteroatoms. The monoisotopic (exact) mass is 394 g/mol. The third-order valence-electron chi connectivity index (χ3n) is 5.29. The Balaban J connectivity index is 1.79. The fraction of sp³-hybridized carbons (Fsp3) is 0.389. The van der Waals surface area contributed by atoms with Crippen molar-refractivity contribution in [2.75, 3.05) is 6.54 Å². The molecule has 3 rings (SSSR count). The van der Waals surface area contributed by atoms with Crippen LogP contribution in [0, 0.1) is 11.7 Å². The molecule has 7 nitrogen and oxygen atoms in total. The topological polar surface area (TPSA) is 113 Å². The first-order chi connectivity index (χ1) is 12.6. The van der Waals surface area contributed by atoms with Gasteiger partial charge in [0.1, 0.15) is 11.3 Å². The van der Waals surface area contributed by atoms with E-state index < -0.39 is 43.4 Å². The predicted octanol–water partition coefficient (Wildman–Crippen LogP) is 1.77. The predicted molar refractivity (Wildman–Crippen MR) is 96.6 cm³/mol. The molecular weight excluding hydrogens is 375 g/mol. The van der Waals surface area contributed by atoms with Gasteiger partial charge in [0, 0.05) is 23.7 Å². The lowest BCUT2D eigenvalue weighted by molar-refractivity contribution is -0.136. The standard InChI is InChI=1S/C18H19FN2O5S/c1-18(2)12(8-14(17(23)24)27(18,25)26)9-21-16(22)11-6-10-4-3-5-20-15(10)13(19)7-11/h3-7,12,14H,8-9H2,1-2H3,(H,21,22)(H,23,24). The van der Waals surface area contributed by atoms with E-state index in [0.29, 0.717) is 5.39 Å². The zero-order chi connectivity index (χ0) is 20.0. The van der Waals surface area contributed by atoms with Crippen molar-refractivity contribution in [3.63, 3.8) is 0 Å². The largest absolute Gasteiger partial charge is 0.480 e. The Bertz CT molecular complexity index is 1040. The summed E-state index contributed by atoms with van der Waals surface area (Å²) in [4.78, 5) is 27.6. The Morgan fingerprint density at radius 1 is 1.37 bits per heavy atom. The van der Waals surface area contributed by atoms with Crippen molar-refractivity contribution >= 4 is 32.6 Å². The SMILES string of the molecule is CC1(C)C(CNC(=O)c2cc(F)c3ncccc3c2)CC(C(=O)O)S1(=O)=O. The van der Waals surface area contributed by atoms with Crippen molar-refractivity contribution in [1.82, 2.24) is 10.3 Å². The van der Waals surface area contributed by atoms with Crippen molar-refractivity contribution in [2.45, 2.75) is 30.3 Å². The van der Waals surface area contributed by atoms with Crippen molar-refractivity contribution in [2.24, 2.45) is 5.92 Å². The van der Waals surface area contributed by atoms with Crippen LogP contribution in [-0.2, 0) is 14.6 Å². The number of carboxylic acids is 1. The number of amides is 1. The normalized spacial score (nSPS) is 23.2. The number of aromatic nitrogens is 1. The van der Waals surface area contributed by atoms with E-state index in [0.717, 1.165) is 6.07 Å². The van der Waals surface area contributed by atoms with Gasteiger partial charge in [-0.05, 0) is 44.4 Å². The molecule has 0 bridgehead atoms. The van der Waals surface area contributed by atoms with Crippen molar-refractivity contribution in [3.05, 3.63) is 41.8 Å². The molecule has 2 heterocycles. The van der Waals surface area contributed by atoms with Gasteiger partial charge in [0.15, 0.2) is 15.1 Å². The molecule has 0 aliphatic carbocycles. The lowest BCUT2D eigenvalue weighted by Crippen LogP contribution is -2.41. The molecule has 2 atom stereocenters. The number of benzene rings is 1. The van der Waals surface area contributed by atoms with Crippen molar-refractivity contribution in [3.8, 4) is 0 Å². The van der Waals surface area contributed by atoms with Crippen LogP contribution in [0.2, 0.25) is 0 Å². The Hall–Kier alpha value is -2.55. The number of halogens is 1. The Kier molecular flexibility index (Phi) is 4.67. The second-order valence-corrected chi connectivity index (χ2v) is 9.86. The zero-order valence-corrected chi connectivity index (χ0v) is 15.6. The molecular formula is C18H19FN2O5S. The Labute approximate surface area is 155 Å². The van der Waals surface area contributed by atoms with Gasteiger partial charge in [0.05, 0.1) is 4.75 Å². The van der Waals surface area contributed by atoms with E-state index in [4.69, 9.17) is 0 Å². The van der Waals surface area contributed by atoms with E-state index in [2.05, 4.69) is 10.3 Å². The van der Waals surface area contributed by atoms with Crippen LogP contribution in [0.25, 0.3) is 10.9 Å². The van der Waals surface area contributed by atoms with E-state index in [1.54, 1.807) is 12.1 Å². The van der Waals surface area contributed by atoms with Gasteiger partial charge in [-0.25, -0.2) is 12.8 Å². The van der Waals surface area contributed by atoms with Gasteiger partial charge in [-0.3, -0.25) is 14.6 Å². The van der Waals surface area contributed by atoms with Crippen LogP contribution in [0.4, 0.5) is 4.39 Å². The third kappa shape index (κ3) is 3.16. The van der Waals surface area contributed by atoms with Gasteiger partial charge in [0.25, 0.3) is 5.91 Å². The fourth-order valence-electron chi connectivity index (χ4n) is 3.43. The minimum Gasteiger partial charge on any atom is -0.480 e. The van der Waals surface area contributed by atoms with E-state index in [9.17, 15) is 27.5 Å². The smallest absolute Gasteiger partial charge is 0.321 e. The van der Waals surface area contributed by atoms with Crippen LogP contribution >= 0.6 is 0 Å². The van der Waals surface area contributed by atoms with Crippen molar-refractivity contribution < 1.29 is 27.5 Å². The van der Waals surface area contributed by atoms with Gasteiger partial charge < -0.3 is 10.4 Å². The maximum atomic E-state index is 14.1. The number of hydrogen-bond acceptors (Lipinski definition) is 5. The van der Waals surface area contributed by atoms with E-state index in [1.807, 2.05) is 0 Å². The zero-order valence-electron chi connectivity index (χ0n) is 14.8. The minimum absolute atomic E-state index is 0.0263. The highest BCUT2D eigenvalue weighted by Gasteiger charge is 2.56. The summed E-state index contributed by atoms with van der Waals surface area (Å²) < 4.78 is 37.7. The van der Waals surface area contributed by atoms with Crippen LogP contribution < -0.4 is 5.32 Å². The van der Waals surface area contributed by atoms with E-state index in [1.165, 1.54) is 26.1 Å². The quantitative estimate of drug-likeness (QED) is 0.817. The second kappa shape index (κ2) is 6.56. The molecule has 1 saturated heterocycles. The molecule has 1 aromatic carbocycles. The molecule has 144 valence electrons.